The molecule has 0 saturated heterocycles. The van der Waals surface area contributed by atoms with Gasteiger partial charge in [0.25, 0.3) is 0 Å². The van der Waals surface area contributed by atoms with Gasteiger partial charge < -0.3 is 5.32 Å². The summed E-state index contributed by atoms with van der Waals surface area (Å²) in [6, 6.07) is 7.54. The van der Waals surface area contributed by atoms with E-state index in [1.165, 1.54) is 18.3 Å². The Morgan fingerprint density at radius 2 is 2.14 bits per heavy atom. The molecule has 1 aliphatic rings. The number of thiazole rings is 1. The predicted molar refractivity (Wildman–Crippen MR) is 112 cm³/mol. The van der Waals surface area contributed by atoms with Gasteiger partial charge in [-0.3, -0.25) is 9.78 Å². The van der Waals surface area contributed by atoms with Gasteiger partial charge in [-0.15, -0.1) is 0 Å². The SMILES string of the molecule is CC(=O)Nc1nc2c(s1)-c1c(c(-c3cccnc3)nn1-c1ccc(Cl)nc1)CC2. The molecule has 4 aromatic heterocycles. The Kier molecular flexibility index (Phi) is 4.37. The van der Waals surface area contributed by atoms with Gasteiger partial charge in [0.15, 0.2) is 5.13 Å². The summed E-state index contributed by atoms with van der Waals surface area (Å²) in [4.78, 5) is 25.6. The average molecular weight is 423 g/mol. The van der Waals surface area contributed by atoms with Crippen LogP contribution in [0.2, 0.25) is 5.15 Å². The number of carbonyl (C=O) groups excluding carboxylic acids is 1. The smallest absolute Gasteiger partial charge is 0.223 e. The fraction of sp³-hybridized carbons (Fsp3) is 0.150. The summed E-state index contributed by atoms with van der Waals surface area (Å²) in [5.41, 5.74) is 5.74. The van der Waals surface area contributed by atoms with E-state index in [9.17, 15) is 4.79 Å². The maximum absolute atomic E-state index is 11.5. The molecule has 0 atom stereocenters. The van der Waals surface area contributed by atoms with Crippen LogP contribution in [0.15, 0.2) is 42.9 Å². The summed E-state index contributed by atoms with van der Waals surface area (Å²) < 4.78 is 1.88. The molecule has 0 aromatic carbocycles. The first-order valence-electron chi connectivity index (χ1n) is 9.02. The summed E-state index contributed by atoms with van der Waals surface area (Å²) >= 11 is 7.44. The van der Waals surface area contributed by atoms with E-state index in [0.717, 1.165) is 51.6 Å². The van der Waals surface area contributed by atoms with E-state index >= 15 is 0 Å². The number of hydrogen-bond acceptors (Lipinski definition) is 6. The third-order valence-corrected chi connectivity index (χ3v) is 5.93. The van der Waals surface area contributed by atoms with Crippen molar-refractivity contribution in [1.82, 2.24) is 24.7 Å². The highest BCUT2D eigenvalue weighted by molar-refractivity contribution is 7.19. The molecule has 7 nitrogen and oxygen atoms in total. The van der Waals surface area contributed by atoms with Crippen LogP contribution in [0.1, 0.15) is 18.2 Å². The topological polar surface area (TPSA) is 85.6 Å². The third-order valence-electron chi connectivity index (χ3n) is 4.68. The lowest BCUT2D eigenvalue weighted by Gasteiger charge is -2.14. The molecule has 1 N–H and O–H groups in total. The van der Waals surface area contributed by atoms with Gasteiger partial charge >= 0.3 is 0 Å². The van der Waals surface area contributed by atoms with Crippen molar-refractivity contribution in [3.8, 4) is 27.5 Å². The van der Waals surface area contributed by atoms with Crippen LogP contribution in [0, 0.1) is 0 Å². The van der Waals surface area contributed by atoms with E-state index in [-0.39, 0.29) is 5.91 Å². The molecule has 4 aromatic rings. The molecule has 4 heterocycles. The van der Waals surface area contributed by atoms with Crippen LogP contribution in [-0.4, -0.2) is 30.6 Å². The molecule has 0 unspecified atom stereocenters. The fourth-order valence-corrected chi connectivity index (χ4v) is 4.72. The molecule has 0 aliphatic heterocycles. The van der Waals surface area contributed by atoms with Crippen molar-refractivity contribution in [1.29, 1.82) is 0 Å². The maximum Gasteiger partial charge on any atom is 0.223 e. The zero-order valence-corrected chi connectivity index (χ0v) is 17.0. The summed E-state index contributed by atoms with van der Waals surface area (Å²) in [6.45, 7) is 1.48. The number of pyridine rings is 2. The van der Waals surface area contributed by atoms with Gasteiger partial charge in [-0.2, -0.15) is 5.10 Å². The fourth-order valence-electron chi connectivity index (χ4n) is 3.49. The molecule has 5 rings (SSSR count). The van der Waals surface area contributed by atoms with E-state index < -0.39 is 0 Å². The van der Waals surface area contributed by atoms with Crippen molar-refractivity contribution in [2.75, 3.05) is 5.32 Å². The molecular weight excluding hydrogens is 408 g/mol. The lowest BCUT2D eigenvalue weighted by Crippen LogP contribution is -2.07. The summed E-state index contributed by atoms with van der Waals surface area (Å²) in [5, 5.41) is 8.74. The van der Waals surface area contributed by atoms with Gasteiger partial charge in [0.1, 0.15) is 5.15 Å². The first kappa shape index (κ1) is 18.0. The van der Waals surface area contributed by atoms with Crippen LogP contribution in [0.25, 0.3) is 27.5 Å². The number of carbonyl (C=O) groups is 1. The number of hydrogen-bond donors (Lipinski definition) is 1. The van der Waals surface area contributed by atoms with Crippen molar-refractivity contribution in [3.63, 3.8) is 0 Å². The monoisotopic (exact) mass is 422 g/mol. The summed E-state index contributed by atoms with van der Waals surface area (Å²) in [5.74, 6) is -0.136. The van der Waals surface area contributed by atoms with Crippen molar-refractivity contribution in [3.05, 3.63) is 59.3 Å². The Morgan fingerprint density at radius 1 is 1.24 bits per heavy atom. The van der Waals surface area contributed by atoms with Crippen molar-refractivity contribution < 1.29 is 4.79 Å². The van der Waals surface area contributed by atoms with Gasteiger partial charge in [-0.1, -0.05) is 22.9 Å². The Labute approximate surface area is 175 Å². The lowest BCUT2D eigenvalue weighted by molar-refractivity contribution is -0.114. The largest absolute Gasteiger partial charge is 0.302 e. The second kappa shape index (κ2) is 7.06. The normalized spacial score (nSPS) is 12.3. The highest BCUT2D eigenvalue weighted by Gasteiger charge is 2.30. The van der Waals surface area contributed by atoms with E-state index in [1.807, 2.05) is 29.1 Å². The van der Waals surface area contributed by atoms with E-state index in [4.69, 9.17) is 16.7 Å². The zero-order chi connectivity index (χ0) is 20.0. The van der Waals surface area contributed by atoms with Gasteiger partial charge in [0, 0.05) is 30.4 Å². The summed E-state index contributed by atoms with van der Waals surface area (Å²) in [7, 11) is 0. The van der Waals surface area contributed by atoms with Gasteiger partial charge in [-0.25, -0.2) is 14.6 Å². The quantitative estimate of drug-likeness (QED) is 0.501. The van der Waals surface area contributed by atoms with Crippen LogP contribution in [0.5, 0.6) is 0 Å². The number of nitrogens with zero attached hydrogens (tertiary/aromatic N) is 5. The Morgan fingerprint density at radius 3 is 2.86 bits per heavy atom. The Bertz CT molecular complexity index is 1220. The van der Waals surface area contributed by atoms with Crippen LogP contribution in [0.3, 0.4) is 0 Å². The van der Waals surface area contributed by atoms with E-state index in [2.05, 4.69) is 20.3 Å². The average Bonchev–Trinajstić information content (AvgIpc) is 3.29. The maximum atomic E-state index is 11.5. The molecular formula is C20H15ClN6OS. The molecule has 0 radical (unpaired) electrons. The van der Waals surface area contributed by atoms with Crippen molar-refractivity contribution >= 4 is 34.0 Å². The number of rotatable bonds is 3. The molecule has 1 amide bonds. The van der Waals surface area contributed by atoms with E-state index in [1.54, 1.807) is 18.5 Å². The number of aromatic nitrogens is 5. The molecule has 0 spiro atoms. The minimum atomic E-state index is -0.136. The molecule has 0 saturated carbocycles. The first-order valence-corrected chi connectivity index (χ1v) is 10.2. The second-order valence-electron chi connectivity index (χ2n) is 6.64. The molecule has 0 fully saturated rings. The number of anilines is 1. The number of amides is 1. The Balaban J connectivity index is 1.74. The molecule has 29 heavy (non-hydrogen) atoms. The molecule has 1 aliphatic carbocycles. The second-order valence-corrected chi connectivity index (χ2v) is 8.03. The molecule has 144 valence electrons. The van der Waals surface area contributed by atoms with E-state index in [0.29, 0.717) is 10.3 Å². The number of fused-ring (bicyclic) bond motifs is 3. The molecule has 9 heteroatoms. The predicted octanol–water partition coefficient (Wildman–Crippen LogP) is 4.16. The van der Waals surface area contributed by atoms with Crippen LogP contribution in [-0.2, 0) is 17.6 Å². The summed E-state index contributed by atoms with van der Waals surface area (Å²) in [6.07, 6.45) is 6.86. The van der Waals surface area contributed by atoms with Gasteiger partial charge in [0.2, 0.25) is 5.91 Å². The minimum Gasteiger partial charge on any atom is -0.302 e. The van der Waals surface area contributed by atoms with Crippen LogP contribution >= 0.6 is 22.9 Å². The number of aryl methyl sites for hydroxylation is 1. The standard InChI is InChI=1S/C20H15ClN6OS/c1-11(28)24-20-25-15-6-5-14-17(12-3-2-8-22-9-12)26-27(18(14)19(15)29-20)13-4-7-16(21)23-10-13/h2-4,7-10H,5-6H2,1H3,(H,24,25,28). The third kappa shape index (κ3) is 3.20. The minimum absolute atomic E-state index is 0.136. The zero-order valence-electron chi connectivity index (χ0n) is 15.4. The highest BCUT2D eigenvalue weighted by Crippen LogP contribution is 2.43. The van der Waals surface area contributed by atoms with Crippen LogP contribution in [0.4, 0.5) is 5.13 Å². The highest BCUT2D eigenvalue weighted by atomic mass is 35.5. The Hall–Kier alpha value is -3.10. The van der Waals surface area contributed by atoms with Crippen molar-refractivity contribution in [2.45, 2.75) is 19.8 Å². The van der Waals surface area contributed by atoms with Crippen LogP contribution < -0.4 is 5.32 Å². The lowest BCUT2D eigenvalue weighted by atomic mass is 9.95. The van der Waals surface area contributed by atoms with Crippen molar-refractivity contribution in [2.24, 2.45) is 0 Å². The molecule has 0 bridgehead atoms. The van der Waals surface area contributed by atoms with Gasteiger partial charge in [0.05, 0.1) is 33.8 Å². The number of nitrogens with one attached hydrogen (secondary N) is 1. The van der Waals surface area contributed by atoms with Gasteiger partial charge in [-0.05, 0) is 37.1 Å². The number of halogens is 1. The first-order chi connectivity index (χ1) is 14.1.